The van der Waals surface area contributed by atoms with Crippen molar-refractivity contribution in [1.82, 2.24) is 5.32 Å². The molecule has 0 bridgehead atoms. The Labute approximate surface area is 129 Å². The number of alkyl halides is 1. The number of hydrogen-bond acceptors (Lipinski definition) is 2. The van der Waals surface area contributed by atoms with Crippen molar-refractivity contribution in [3.05, 3.63) is 29.8 Å². The van der Waals surface area contributed by atoms with Crippen LogP contribution in [0.5, 0.6) is 5.75 Å². The van der Waals surface area contributed by atoms with Gasteiger partial charge in [-0.1, -0.05) is 48.0 Å². The molecule has 1 N–H and O–H groups in total. The van der Waals surface area contributed by atoms with E-state index in [1.807, 2.05) is 24.3 Å². The molecule has 110 valence electrons. The summed E-state index contributed by atoms with van der Waals surface area (Å²) in [4.78, 5) is 12.7. The average Bonchev–Trinajstić information content (AvgIpc) is 2.52. The molecular weight excluding hydrogens is 318 g/mol. The fourth-order valence-corrected chi connectivity index (χ4v) is 3.55. The molecule has 1 amide bonds. The topological polar surface area (TPSA) is 38.3 Å². The zero-order valence-corrected chi connectivity index (χ0v) is 13.7. The second kappa shape index (κ2) is 6.61. The van der Waals surface area contributed by atoms with Gasteiger partial charge in [0.15, 0.2) is 0 Å². The van der Waals surface area contributed by atoms with Crippen LogP contribution in [-0.4, -0.2) is 23.4 Å². The molecule has 1 aromatic carbocycles. The number of fused-ring (bicyclic) bond motifs is 1. The van der Waals surface area contributed by atoms with E-state index in [0.717, 1.165) is 35.9 Å². The molecule has 1 unspecified atom stereocenters. The van der Waals surface area contributed by atoms with Crippen LogP contribution in [0.1, 0.15) is 44.6 Å². The molecule has 1 heterocycles. The minimum Gasteiger partial charge on any atom is -0.493 e. The zero-order valence-electron chi connectivity index (χ0n) is 12.1. The molecule has 3 nitrogen and oxygen atoms in total. The maximum atomic E-state index is 12.7. The molecule has 1 aliphatic rings. The highest BCUT2D eigenvalue weighted by molar-refractivity contribution is 9.09. The lowest BCUT2D eigenvalue weighted by Gasteiger charge is -2.34. The van der Waals surface area contributed by atoms with E-state index in [-0.39, 0.29) is 17.4 Å². The van der Waals surface area contributed by atoms with Crippen LogP contribution in [0, 0.1) is 0 Å². The summed E-state index contributed by atoms with van der Waals surface area (Å²) < 4.78 is 5.62. The van der Waals surface area contributed by atoms with Crippen LogP contribution in [0.2, 0.25) is 0 Å². The largest absolute Gasteiger partial charge is 0.493 e. The number of carbonyl (C=O) groups is 1. The number of hydrogen-bond donors (Lipinski definition) is 1. The van der Waals surface area contributed by atoms with Crippen LogP contribution < -0.4 is 10.1 Å². The molecule has 1 aliphatic heterocycles. The van der Waals surface area contributed by atoms with E-state index >= 15 is 0 Å². The van der Waals surface area contributed by atoms with Gasteiger partial charge in [-0.15, -0.1) is 0 Å². The van der Waals surface area contributed by atoms with Gasteiger partial charge in [0.05, 0.1) is 12.5 Å². The summed E-state index contributed by atoms with van der Waals surface area (Å²) in [6, 6.07) is 7.84. The van der Waals surface area contributed by atoms with E-state index in [1.165, 1.54) is 0 Å². The van der Waals surface area contributed by atoms with Crippen LogP contribution in [0.25, 0.3) is 0 Å². The predicted octanol–water partition coefficient (Wildman–Crippen LogP) is 3.62. The highest BCUT2D eigenvalue weighted by atomic mass is 79.9. The molecular formula is C16H22BrNO2. The van der Waals surface area contributed by atoms with E-state index in [4.69, 9.17) is 4.74 Å². The van der Waals surface area contributed by atoms with E-state index in [0.29, 0.717) is 6.61 Å². The normalized spacial score (nSPS) is 18.1. The first-order chi connectivity index (χ1) is 9.65. The summed E-state index contributed by atoms with van der Waals surface area (Å²) in [6.07, 6.45) is 2.59. The number of rotatable bonds is 5. The SMILES string of the molecule is CCC(CC)(CBr)NC(=O)C1CCOc2ccccc21. The van der Waals surface area contributed by atoms with Gasteiger partial charge in [0, 0.05) is 16.4 Å². The number of benzene rings is 1. The van der Waals surface area contributed by atoms with Gasteiger partial charge in [-0.3, -0.25) is 4.79 Å². The molecule has 4 heteroatoms. The fraction of sp³-hybridized carbons (Fsp3) is 0.562. The van der Waals surface area contributed by atoms with Crippen LogP contribution >= 0.6 is 15.9 Å². The molecule has 0 aromatic heterocycles. The van der Waals surface area contributed by atoms with Crippen LogP contribution in [0.15, 0.2) is 24.3 Å². The third-order valence-corrected chi connectivity index (χ3v) is 5.35. The van der Waals surface area contributed by atoms with Crippen molar-refractivity contribution in [2.75, 3.05) is 11.9 Å². The smallest absolute Gasteiger partial charge is 0.228 e. The highest BCUT2D eigenvalue weighted by Gasteiger charge is 2.33. The van der Waals surface area contributed by atoms with Crippen molar-refractivity contribution >= 4 is 21.8 Å². The van der Waals surface area contributed by atoms with Gasteiger partial charge in [-0.05, 0) is 25.3 Å². The van der Waals surface area contributed by atoms with Crippen molar-refractivity contribution in [3.8, 4) is 5.75 Å². The van der Waals surface area contributed by atoms with Crippen molar-refractivity contribution in [3.63, 3.8) is 0 Å². The van der Waals surface area contributed by atoms with Crippen LogP contribution in [0.3, 0.4) is 0 Å². The number of nitrogens with one attached hydrogen (secondary N) is 1. The first-order valence-corrected chi connectivity index (χ1v) is 8.37. The Hall–Kier alpha value is -1.03. The van der Waals surface area contributed by atoms with E-state index in [1.54, 1.807) is 0 Å². The van der Waals surface area contributed by atoms with Crippen LogP contribution in [-0.2, 0) is 4.79 Å². The predicted molar refractivity (Wildman–Crippen MR) is 84.5 cm³/mol. The maximum absolute atomic E-state index is 12.7. The Morgan fingerprint density at radius 1 is 1.40 bits per heavy atom. The van der Waals surface area contributed by atoms with Gasteiger partial charge in [0.1, 0.15) is 5.75 Å². The quantitative estimate of drug-likeness (QED) is 0.832. The molecule has 20 heavy (non-hydrogen) atoms. The number of amides is 1. The first-order valence-electron chi connectivity index (χ1n) is 7.25. The standard InChI is InChI=1S/C16H22BrNO2/c1-3-16(4-2,11-17)18-15(19)13-9-10-20-14-8-6-5-7-12(13)14/h5-8,13H,3-4,9-11H2,1-2H3,(H,18,19). The third-order valence-electron chi connectivity index (χ3n) is 4.27. The van der Waals surface area contributed by atoms with E-state index in [2.05, 4.69) is 35.1 Å². The zero-order chi connectivity index (χ0) is 14.6. The lowest BCUT2D eigenvalue weighted by Crippen LogP contribution is -2.51. The second-order valence-corrected chi connectivity index (χ2v) is 5.90. The van der Waals surface area contributed by atoms with Gasteiger partial charge in [-0.25, -0.2) is 0 Å². The number of carbonyl (C=O) groups excluding carboxylic acids is 1. The highest BCUT2D eigenvalue weighted by Crippen LogP contribution is 2.34. The second-order valence-electron chi connectivity index (χ2n) is 5.34. The molecule has 2 rings (SSSR count). The summed E-state index contributed by atoms with van der Waals surface area (Å²) in [5.74, 6) is 0.858. The van der Waals surface area contributed by atoms with Gasteiger partial charge in [0.2, 0.25) is 5.91 Å². The Morgan fingerprint density at radius 2 is 2.10 bits per heavy atom. The summed E-state index contributed by atoms with van der Waals surface area (Å²) >= 11 is 3.54. The van der Waals surface area contributed by atoms with Gasteiger partial charge < -0.3 is 10.1 Å². The minimum absolute atomic E-state index is 0.100. The Morgan fingerprint density at radius 3 is 2.75 bits per heavy atom. The van der Waals surface area contributed by atoms with E-state index < -0.39 is 0 Å². The average molecular weight is 340 g/mol. The van der Waals surface area contributed by atoms with Crippen LogP contribution in [0.4, 0.5) is 0 Å². The summed E-state index contributed by atoms with van der Waals surface area (Å²) in [5, 5.41) is 4.03. The van der Waals surface area contributed by atoms with Crippen molar-refractivity contribution < 1.29 is 9.53 Å². The van der Waals surface area contributed by atoms with Gasteiger partial charge in [0.25, 0.3) is 0 Å². The Balaban J connectivity index is 2.19. The molecule has 0 saturated carbocycles. The molecule has 1 atom stereocenters. The Kier molecular flexibility index (Phi) is 5.08. The first kappa shape index (κ1) is 15.4. The van der Waals surface area contributed by atoms with Gasteiger partial charge >= 0.3 is 0 Å². The van der Waals surface area contributed by atoms with E-state index in [9.17, 15) is 4.79 Å². The van der Waals surface area contributed by atoms with Crippen molar-refractivity contribution in [1.29, 1.82) is 0 Å². The maximum Gasteiger partial charge on any atom is 0.228 e. The lowest BCUT2D eigenvalue weighted by atomic mass is 9.89. The monoisotopic (exact) mass is 339 g/mol. The Bertz CT molecular complexity index is 463. The number of para-hydroxylation sites is 1. The molecule has 0 aliphatic carbocycles. The number of halogens is 1. The minimum atomic E-state index is -0.148. The molecule has 0 radical (unpaired) electrons. The summed E-state index contributed by atoms with van der Waals surface area (Å²) in [6.45, 7) is 4.83. The lowest BCUT2D eigenvalue weighted by molar-refractivity contribution is -0.125. The summed E-state index contributed by atoms with van der Waals surface area (Å²) in [5.41, 5.74) is 0.858. The molecule has 0 spiro atoms. The molecule has 1 aromatic rings. The molecule has 0 saturated heterocycles. The summed E-state index contributed by atoms with van der Waals surface area (Å²) in [7, 11) is 0. The van der Waals surface area contributed by atoms with Crippen molar-refractivity contribution in [2.45, 2.75) is 44.6 Å². The molecule has 0 fully saturated rings. The fourth-order valence-electron chi connectivity index (χ4n) is 2.61. The number of ether oxygens (including phenoxy) is 1. The van der Waals surface area contributed by atoms with Crippen molar-refractivity contribution in [2.24, 2.45) is 0 Å². The van der Waals surface area contributed by atoms with Gasteiger partial charge in [-0.2, -0.15) is 0 Å². The third kappa shape index (κ3) is 3.00.